The minimum absolute atomic E-state index is 0.0569. The number of fused-ring (bicyclic) bond motifs is 2. The number of nitrogens with zero attached hydrogens (tertiary/aromatic N) is 7. The van der Waals surface area contributed by atoms with Crippen LogP contribution in [0.5, 0.6) is 11.5 Å². The highest BCUT2D eigenvalue weighted by Crippen LogP contribution is 2.37. The minimum Gasteiger partial charge on any atom is -0.455 e. The second-order valence-electron chi connectivity index (χ2n) is 12.6. The van der Waals surface area contributed by atoms with Crippen LogP contribution in [-0.2, 0) is 19.3 Å². The van der Waals surface area contributed by atoms with Crippen molar-refractivity contribution in [1.82, 2.24) is 39.8 Å². The van der Waals surface area contributed by atoms with Gasteiger partial charge in [-0.05, 0) is 54.9 Å². The van der Waals surface area contributed by atoms with E-state index in [0.717, 1.165) is 36.8 Å². The smallest absolute Gasteiger partial charge is 0.416 e. The van der Waals surface area contributed by atoms with Crippen molar-refractivity contribution in [3.05, 3.63) is 77.1 Å². The van der Waals surface area contributed by atoms with Gasteiger partial charge >= 0.3 is 12.2 Å². The number of nitrogens with one attached hydrogen (secondary N) is 2. The van der Waals surface area contributed by atoms with E-state index in [1.807, 2.05) is 31.0 Å². The van der Waals surface area contributed by atoms with Crippen LogP contribution in [0.15, 0.2) is 53.3 Å². The van der Waals surface area contributed by atoms with Gasteiger partial charge in [-0.3, -0.25) is 9.88 Å². The number of aryl methyl sites for hydroxylation is 1. The van der Waals surface area contributed by atoms with Crippen LogP contribution in [0.2, 0.25) is 0 Å². The van der Waals surface area contributed by atoms with E-state index in [2.05, 4.69) is 30.3 Å². The van der Waals surface area contributed by atoms with Crippen LogP contribution in [-0.4, -0.2) is 85.6 Å². The molecule has 5 aromatic rings. The van der Waals surface area contributed by atoms with Gasteiger partial charge in [0.2, 0.25) is 11.7 Å². The largest absolute Gasteiger partial charge is 0.455 e. The molecule has 1 saturated heterocycles. The SMILES string of the molecule is CC[C@H]1CN(C(=O)Nc2ccc(CN3CCN(C)CC3)c(C(F)(F)F)c2)Cc2cc(Oc3ccnc4[nH]c(-c5noc(C)n5)cc34)cnc21. The average Bonchev–Trinajstić information content (AvgIpc) is 3.72. The summed E-state index contributed by atoms with van der Waals surface area (Å²) < 4.78 is 53.9. The van der Waals surface area contributed by atoms with E-state index in [4.69, 9.17) is 14.2 Å². The predicted octanol–water partition coefficient (Wildman–Crippen LogP) is 6.42. The van der Waals surface area contributed by atoms with Crippen molar-refractivity contribution < 1.29 is 27.2 Å². The second-order valence-corrected chi connectivity index (χ2v) is 12.6. The molecule has 1 atom stereocenters. The fourth-order valence-electron chi connectivity index (χ4n) is 6.40. The summed E-state index contributed by atoms with van der Waals surface area (Å²) in [5.41, 5.74) is 2.41. The summed E-state index contributed by atoms with van der Waals surface area (Å²) in [6.45, 7) is 7.52. The number of urea groups is 1. The molecule has 0 saturated carbocycles. The molecule has 256 valence electrons. The minimum atomic E-state index is -4.56. The van der Waals surface area contributed by atoms with E-state index in [1.54, 1.807) is 36.4 Å². The standard InChI is InChI=1S/C34H36F3N9O3/c1-4-21-18-46(33(47)41-24-6-5-22(27(14-24)34(35,36)37)17-45-11-9-44(3)10-12-45)19-23-13-25(16-39-30(21)23)48-29-7-8-38-31-26(29)15-28(42-31)32-40-20(2)49-43-32/h5-8,13-16,21H,4,9-12,17-19H2,1-3H3,(H,38,42)(H,41,47)/t21-/m0/s1. The number of rotatable bonds is 7. The number of alkyl halides is 3. The summed E-state index contributed by atoms with van der Waals surface area (Å²) >= 11 is 0. The molecule has 0 unspecified atom stereocenters. The molecule has 7 rings (SSSR count). The molecule has 49 heavy (non-hydrogen) atoms. The number of amides is 2. The lowest BCUT2D eigenvalue weighted by Crippen LogP contribution is -2.44. The molecule has 15 heteroatoms. The third kappa shape index (κ3) is 6.94. The molecular formula is C34H36F3N9O3. The molecule has 2 aliphatic rings. The first kappa shape index (κ1) is 32.5. The van der Waals surface area contributed by atoms with Crippen LogP contribution in [0, 0.1) is 6.92 Å². The third-order valence-corrected chi connectivity index (χ3v) is 9.09. The highest BCUT2D eigenvalue weighted by molar-refractivity contribution is 5.90. The van der Waals surface area contributed by atoms with E-state index in [9.17, 15) is 18.0 Å². The van der Waals surface area contributed by atoms with Crippen LogP contribution in [0.3, 0.4) is 0 Å². The van der Waals surface area contributed by atoms with Gasteiger partial charge < -0.3 is 29.4 Å². The Hall–Kier alpha value is -5.02. The quantitative estimate of drug-likeness (QED) is 0.201. The maximum Gasteiger partial charge on any atom is 0.416 e. The number of pyridine rings is 2. The normalized spacial score (nSPS) is 17.3. The number of benzene rings is 1. The number of hydrogen-bond acceptors (Lipinski definition) is 9. The number of aromatic amines is 1. The van der Waals surface area contributed by atoms with Gasteiger partial charge in [-0.2, -0.15) is 18.2 Å². The number of ether oxygens (including phenoxy) is 1. The molecule has 0 bridgehead atoms. The number of likely N-dealkylation sites (N-methyl/N-ethyl adjacent to an activating group) is 1. The lowest BCUT2D eigenvalue weighted by molar-refractivity contribution is -0.138. The Morgan fingerprint density at radius 3 is 2.67 bits per heavy atom. The summed E-state index contributed by atoms with van der Waals surface area (Å²) in [7, 11) is 2.00. The molecule has 12 nitrogen and oxygen atoms in total. The number of H-pyrrole nitrogens is 1. The Morgan fingerprint density at radius 2 is 1.94 bits per heavy atom. The molecule has 0 aliphatic carbocycles. The van der Waals surface area contributed by atoms with Gasteiger partial charge in [0, 0.05) is 70.5 Å². The molecule has 1 fully saturated rings. The summed E-state index contributed by atoms with van der Waals surface area (Å²) in [5.74, 6) is 1.78. The molecule has 2 amide bonds. The van der Waals surface area contributed by atoms with Crippen molar-refractivity contribution in [3.63, 3.8) is 0 Å². The molecule has 6 heterocycles. The van der Waals surface area contributed by atoms with Gasteiger partial charge in [-0.25, -0.2) is 9.78 Å². The van der Waals surface area contributed by atoms with Crippen LogP contribution >= 0.6 is 0 Å². The summed E-state index contributed by atoms with van der Waals surface area (Å²) in [6, 6.07) is 8.98. The summed E-state index contributed by atoms with van der Waals surface area (Å²) in [6.07, 6.45) is -0.568. The Labute approximate surface area is 280 Å². The first-order chi connectivity index (χ1) is 23.5. The van der Waals surface area contributed by atoms with E-state index < -0.39 is 17.8 Å². The molecule has 2 N–H and O–H groups in total. The zero-order valence-corrected chi connectivity index (χ0v) is 27.3. The number of halogens is 3. The summed E-state index contributed by atoms with van der Waals surface area (Å²) in [4.78, 5) is 35.8. The molecule has 0 radical (unpaired) electrons. The monoisotopic (exact) mass is 675 g/mol. The molecule has 2 aliphatic heterocycles. The number of anilines is 1. The third-order valence-electron chi connectivity index (χ3n) is 9.09. The fourth-order valence-corrected chi connectivity index (χ4v) is 6.40. The fraction of sp³-hybridized carbons (Fsp3) is 0.382. The number of aromatic nitrogens is 5. The molecule has 1 aromatic carbocycles. The Kier molecular flexibility index (Phi) is 8.71. The number of carbonyl (C=O) groups excluding carboxylic acids is 1. The van der Waals surface area contributed by atoms with Gasteiger partial charge in [0.05, 0.1) is 28.5 Å². The number of piperazine rings is 1. The topological polar surface area (TPSA) is 129 Å². The Balaban J connectivity index is 1.08. The van der Waals surface area contributed by atoms with E-state index in [1.165, 1.54) is 6.07 Å². The number of carbonyl (C=O) groups is 1. The van der Waals surface area contributed by atoms with Crippen molar-refractivity contribution in [2.45, 2.75) is 45.5 Å². The first-order valence-corrected chi connectivity index (χ1v) is 16.2. The maximum absolute atomic E-state index is 14.2. The maximum atomic E-state index is 14.2. The van der Waals surface area contributed by atoms with Crippen molar-refractivity contribution >= 4 is 22.8 Å². The Morgan fingerprint density at radius 1 is 1.12 bits per heavy atom. The molecule has 0 spiro atoms. The zero-order chi connectivity index (χ0) is 34.3. The first-order valence-electron chi connectivity index (χ1n) is 16.2. The van der Waals surface area contributed by atoms with Crippen molar-refractivity contribution in [3.8, 4) is 23.0 Å². The number of hydrogen-bond donors (Lipinski definition) is 2. The predicted molar refractivity (Wildman–Crippen MR) is 175 cm³/mol. The van der Waals surface area contributed by atoms with Crippen molar-refractivity contribution in [1.29, 1.82) is 0 Å². The highest BCUT2D eigenvalue weighted by atomic mass is 19.4. The van der Waals surface area contributed by atoms with Gasteiger partial charge in [0.25, 0.3) is 0 Å². The molecule has 4 aromatic heterocycles. The average molecular weight is 676 g/mol. The van der Waals surface area contributed by atoms with Crippen LogP contribution in [0.25, 0.3) is 22.6 Å². The van der Waals surface area contributed by atoms with E-state index >= 15 is 0 Å². The summed E-state index contributed by atoms with van der Waals surface area (Å²) in [5, 5.41) is 7.38. The van der Waals surface area contributed by atoms with Crippen molar-refractivity contribution in [2.75, 3.05) is 45.1 Å². The lowest BCUT2D eigenvalue weighted by Gasteiger charge is -2.34. The van der Waals surface area contributed by atoms with Crippen LogP contribution in [0.4, 0.5) is 23.7 Å². The van der Waals surface area contributed by atoms with Gasteiger partial charge in [-0.1, -0.05) is 18.1 Å². The van der Waals surface area contributed by atoms with Crippen LogP contribution in [0.1, 0.15) is 47.5 Å². The van der Waals surface area contributed by atoms with Gasteiger partial charge in [0.1, 0.15) is 17.1 Å². The lowest BCUT2D eigenvalue weighted by atomic mass is 9.92. The van der Waals surface area contributed by atoms with Gasteiger partial charge in [-0.15, -0.1) is 0 Å². The molecular weight excluding hydrogens is 639 g/mol. The van der Waals surface area contributed by atoms with E-state index in [0.29, 0.717) is 59.6 Å². The van der Waals surface area contributed by atoms with Crippen LogP contribution < -0.4 is 10.1 Å². The Bertz CT molecular complexity index is 1980. The van der Waals surface area contributed by atoms with Crippen molar-refractivity contribution in [2.24, 2.45) is 0 Å². The van der Waals surface area contributed by atoms with Gasteiger partial charge in [0.15, 0.2) is 0 Å². The second kappa shape index (κ2) is 13.1. The highest BCUT2D eigenvalue weighted by Gasteiger charge is 2.35. The zero-order valence-electron chi connectivity index (χ0n) is 27.3. The van der Waals surface area contributed by atoms with E-state index in [-0.39, 0.29) is 30.3 Å².